The molecule has 164 valence electrons. The monoisotopic (exact) mass is 539 g/mol. The van der Waals surface area contributed by atoms with E-state index in [9.17, 15) is 0 Å². The van der Waals surface area contributed by atoms with Crippen LogP contribution in [0, 0.1) is 0 Å². The van der Waals surface area contributed by atoms with Crippen LogP contribution in [0.4, 0.5) is 0 Å². The first kappa shape index (κ1) is 23.4. The highest BCUT2D eigenvalue weighted by Gasteiger charge is 2.05. The second-order valence-corrected chi connectivity index (χ2v) is 7.15. The maximum Gasteiger partial charge on any atom is 0.188 e. The standard InChI is InChI=1S/C24H25N7.HI/c25-24(28-14-12-22-6-3-4-13-27-22)29-15-21-5-1-2-7-23(21)20-10-8-19(9-11-20)16-31-18-26-17-30-31;/h1-11,13,17-18H,12,14-16H2,(H3,25,28,29);1H. The summed E-state index contributed by atoms with van der Waals surface area (Å²) in [6, 6.07) is 22.7. The molecule has 0 bridgehead atoms. The molecule has 4 rings (SSSR count). The maximum atomic E-state index is 6.06. The molecule has 0 fully saturated rings. The van der Waals surface area contributed by atoms with Gasteiger partial charge in [0, 0.05) is 24.9 Å². The Labute approximate surface area is 204 Å². The van der Waals surface area contributed by atoms with Crippen molar-refractivity contribution in [2.24, 2.45) is 10.7 Å². The first-order chi connectivity index (χ1) is 15.3. The van der Waals surface area contributed by atoms with Crippen LogP contribution >= 0.6 is 24.0 Å². The molecule has 0 radical (unpaired) electrons. The topological polar surface area (TPSA) is 94.0 Å². The Bertz CT molecular complexity index is 1110. The average molecular weight is 539 g/mol. The van der Waals surface area contributed by atoms with E-state index in [1.165, 1.54) is 5.56 Å². The summed E-state index contributed by atoms with van der Waals surface area (Å²) in [4.78, 5) is 12.8. The average Bonchev–Trinajstić information content (AvgIpc) is 3.32. The van der Waals surface area contributed by atoms with Gasteiger partial charge < -0.3 is 11.1 Å². The lowest BCUT2D eigenvalue weighted by atomic mass is 9.98. The summed E-state index contributed by atoms with van der Waals surface area (Å²) >= 11 is 0. The van der Waals surface area contributed by atoms with Crippen molar-refractivity contribution in [2.45, 2.75) is 19.5 Å². The second-order valence-electron chi connectivity index (χ2n) is 7.15. The molecule has 4 aromatic rings. The minimum Gasteiger partial charge on any atom is -0.370 e. The van der Waals surface area contributed by atoms with E-state index < -0.39 is 0 Å². The molecule has 7 nitrogen and oxygen atoms in total. The first-order valence-corrected chi connectivity index (χ1v) is 10.2. The van der Waals surface area contributed by atoms with Gasteiger partial charge in [-0.05, 0) is 34.4 Å². The van der Waals surface area contributed by atoms with Crippen LogP contribution in [-0.4, -0.2) is 32.3 Å². The Morgan fingerprint density at radius 3 is 2.56 bits per heavy atom. The predicted molar refractivity (Wildman–Crippen MR) is 138 cm³/mol. The van der Waals surface area contributed by atoms with Crippen LogP contribution in [0.1, 0.15) is 16.8 Å². The van der Waals surface area contributed by atoms with Gasteiger partial charge in [0.1, 0.15) is 12.7 Å². The third-order valence-electron chi connectivity index (χ3n) is 4.93. The van der Waals surface area contributed by atoms with Crippen LogP contribution < -0.4 is 11.1 Å². The molecule has 2 aromatic heterocycles. The first-order valence-electron chi connectivity index (χ1n) is 10.2. The van der Waals surface area contributed by atoms with Crippen molar-refractivity contribution in [3.05, 3.63) is 102 Å². The third kappa shape index (κ3) is 6.61. The van der Waals surface area contributed by atoms with Crippen LogP contribution in [-0.2, 0) is 19.5 Å². The quantitative estimate of drug-likeness (QED) is 0.203. The van der Waals surface area contributed by atoms with E-state index in [0.29, 0.717) is 25.6 Å². The molecule has 8 heteroatoms. The Morgan fingerprint density at radius 1 is 1.00 bits per heavy atom. The van der Waals surface area contributed by atoms with Gasteiger partial charge in [0.05, 0.1) is 13.1 Å². The van der Waals surface area contributed by atoms with Gasteiger partial charge in [0.15, 0.2) is 5.96 Å². The van der Waals surface area contributed by atoms with Crippen molar-refractivity contribution in [3.63, 3.8) is 0 Å². The number of pyridine rings is 1. The predicted octanol–water partition coefficient (Wildman–Crippen LogP) is 3.65. The molecule has 0 aliphatic heterocycles. The van der Waals surface area contributed by atoms with Crippen LogP contribution in [0.25, 0.3) is 11.1 Å². The highest BCUT2D eigenvalue weighted by atomic mass is 127. The van der Waals surface area contributed by atoms with Gasteiger partial charge in [0.25, 0.3) is 0 Å². The molecule has 3 N–H and O–H groups in total. The summed E-state index contributed by atoms with van der Waals surface area (Å²) in [5, 5.41) is 7.32. The lowest BCUT2D eigenvalue weighted by molar-refractivity contribution is 0.685. The number of hydrogen-bond donors (Lipinski definition) is 2. The zero-order valence-electron chi connectivity index (χ0n) is 17.6. The van der Waals surface area contributed by atoms with Crippen molar-refractivity contribution in [3.8, 4) is 11.1 Å². The number of aromatic nitrogens is 4. The molecule has 0 amide bonds. The SMILES string of the molecule is I.NC(=NCc1ccccc1-c1ccc(Cn2cncn2)cc1)NCCc1ccccn1. The molecule has 32 heavy (non-hydrogen) atoms. The number of nitrogens with one attached hydrogen (secondary N) is 1. The van der Waals surface area contributed by atoms with Gasteiger partial charge in [-0.2, -0.15) is 5.10 Å². The Hall–Kier alpha value is -3.27. The fourth-order valence-corrected chi connectivity index (χ4v) is 3.32. The van der Waals surface area contributed by atoms with Gasteiger partial charge in [-0.25, -0.2) is 14.7 Å². The van der Waals surface area contributed by atoms with Crippen molar-refractivity contribution < 1.29 is 0 Å². The summed E-state index contributed by atoms with van der Waals surface area (Å²) in [7, 11) is 0. The third-order valence-corrected chi connectivity index (χ3v) is 4.93. The van der Waals surface area contributed by atoms with E-state index >= 15 is 0 Å². The molecule has 0 atom stereocenters. The molecule has 0 aliphatic rings. The van der Waals surface area contributed by atoms with Crippen molar-refractivity contribution >= 4 is 29.9 Å². The van der Waals surface area contributed by atoms with Crippen molar-refractivity contribution in [1.82, 2.24) is 25.1 Å². The van der Waals surface area contributed by atoms with Crippen LogP contribution in [0.15, 0.2) is 90.6 Å². The van der Waals surface area contributed by atoms with E-state index in [1.54, 1.807) is 23.5 Å². The molecule has 2 heterocycles. The van der Waals surface area contributed by atoms with Gasteiger partial charge in [-0.1, -0.05) is 54.6 Å². The summed E-state index contributed by atoms with van der Waals surface area (Å²) in [6.45, 7) is 1.91. The maximum absolute atomic E-state index is 6.06. The molecule has 0 aliphatic carbocycles. The summed E-state index contributed by atoms with van der Waals surface area (Å²) < 4.78 is 1.81. The number of guanidine groups is 1. The largest absolute Gasteiger partial charge is 0.370 e. The minimum atomic E-state index is 0. The number of halogens is 1. The number of aliphatic imine (C=N–C) groups is 1. The Kier molecular flexibility index (Phi) is 8.73. The summed E-state index contributed by atoms with van der Waals surface area (Å²) in [6.07, 6.45) is 5.86. The van der Waals surface area contributed by atoms with Crippen molar-refractivity contribution in [2.75, 3.05) is 6.54 Å². The van der Waals surface area contributed by atoms with E-state index in [1.807, 2.05) is 30.3 Å². The Morgan fingerprint density at radius 2 is 1.81 bits per heavy atom. The van der Waals surface area contributed by atoms with E-state index in [2.05, 4.69) is 61.8 Å². The van der Waals surface area contributed by atoms with E-state index in [0.717, 1.165) is 28.8 Å². The Balaban J connectivity index is 0.00000289. The zero-order chi connectivity index (χ0) is 21.3. The van der Waals surface area contributed by atoms with E-state index in [4.69, 9.17) is 5.73 Å². The molecule has 0 spiro atoms. The number of hydrogen-bond acceptors (Lipinski definition) is 4. The molecule has 0 saturated carbocycles. The minimum absolute atomic E-state index is 0. The number of nitrogens with zero attached hydrogens (tertiary/aromatic N) is 5. The van der Waals surface area contributed by atoms with Gasteiger partial charge in [-0.3, -0.25) is 4.98 Å². The molecular weight excluding hydrogens is 513 g/mol. The highest BCUT2D eigenvalue weighted by Crippen LogP contribution is 2.25. The fraction of sp³-hybridized carbons (Fsp3) is 0.167. The number of rotatable bonds is 8. The normalized spacial score (nSPS) is 11.1. The van der Waals surface area contributed by atoms with Crippen molar-refractivity contribution in [1.29, 1.82) is 0 Å². The number of nitrogens with two attached hydrogens (primary N) is 1. The van der Waals surface area contributed by atoms with Crippen LogP contribution in [0.5, 0.6) is 0 Å². The van der Waals surface area contributed by atoms with Crippen LogP contribution in [0.3, 0.4) is 0 Å². The van der Waals surface area contributed by atoms with Crippen LogP contribution in [0.2, 0.25) is 0 Å². The van der Waals surface area contributed by atoms with Gasteiger partial charge >= 0.3 is 0 Å². The molecule has 0 unspecified atom stereocenters. The molecule has 2 aromatic carbocycles. The van der Waals surface area contributed by atoms with Gasteiger partial charge in [0.2, 0.25) is 0 Å². The summed E-state index contributed by atoms with van der Waals surface area (Å²) in [5.74, 6) is 0.439. The summed E-state index contributed by atoms with van der Waals surface area (Å²) in [5.41, 5.74) is 11.7. The second kappa shape index (κ2) is 11.9. The van der Waals surface area contributed by atoms with Gasteiger partial charge in [-0.15, -0.1) is 24.0 Å². The smallest absolute Gasteiger partial charge is 0.188 e. The lowest BCUT2D eigenvalue weighted by Crippen LogP contribution is -2.33. The highest BCUT2D eigenvalue weighted by molar-refractivity contribution is 14.0. The fourth-order valence-electron chi connectivity index (χ4n) is 3.32. The number of benzene rings is 2. The lowest BCUT2D eigenvalue weighted by Gasteiger charge is -2.10. The molecular formula is C24H26IN7. The molecule has 0 saturated heterocycles. The zero-order valence-corrected chi connectivity index (χ0v) is 20.0. The van der Waals surface area contributed by atoms with E-state index in [-0.39, 0.29) is 24.0 Å².